The summed E-state index contributed by atoms with van der Waals surface area (Å²) in [4.78, 5) is 11.5. The Hall–Kier alpha value is -1.13. The number of nitrogens with one attached hydrogen (secondary N) is 1. The molecule has 0 spiro atoms. The van der Waals surface area contributed by atoms with Gasteiger partial charge in [-0.2, -0.15) is 0 Å². The Balaban J connectivity index is 2.34. The Kier molecular flexibility index (Phi) is 5.07. The second-order valence-electron chi connectivity index (χ2n) is 3.48. The maximum absolute atomic E-state index is 11.5. The minimum atomic E-state index is 0.0588. The lowest BCUT2D eigenvalue weighted by molar-refractivity contribution is 0.199. The smallest absolute Gasteiger partial charge is 0.250 e. The summed E-state index contributed by atoms with van der Waals surface area (Å²) in [6.07, 6.45) is 1.83. The molecule has 1 aromatic heterocycles. The number of hydrogen-bond acceptors (Lipinski definition) is 3. The molecule has 0 fully saturated rings. The molecule has 0 saturated carbocycles. The van der Waals surface area contributed by atoms with E-state index in [0.29, 0.717) is 13.2 Å². The Morgan fingerprint density at radius 1 is 1.47 bits per heavy atom. The zero-order chi connectivity index (χ0) is 11.1. The molecule has 0 bridgehead atoms. The summed E-state index contributed by atoms with van der Waals surface area (Å²) in [5.74, 6) is 0. The molecule has 0 unspecified atom stereocenters. The van der Waals surface area contributed by atoms with Crippen molar-refractivity contribution < 1.29 is 4.74 Å². The monoisotopic (exact) mass is 210 g/mol. The van der Waals surface area contributed by atoms with Crippen molar-refractivity contribution in [3.8, 4) is 0 Å². The summed E-state index contributed by atoms with van der Waals surface area (Å²) >= 11 is 0. The number of hydrogen-bond donors (Lipinski definition) is 1. The van der Waals surface area contributed by atoms with Crippen molar-refractivity contribution in [1.82, 2.24) is 9.88 Å². The van der Waals surface area contributed by atoms with Crippen molar-refractivity contribution in [2.24, 2.45) is 0 Å². The van der Waals surface area contributed by atoms with Crippen molar-refractivity contribution >= 4 is 0 Å². The Labute approximate surface area is 89.9 Å². The van der Waals surface area contributed by atoms with Gasteiger partial charge in [-0.3, -0.25) is 4.79 Å². The fraction of sp³-hybridized carbons (Fsp3) is 0.545. The molecule has 84 valence electrons. The van der Waals surface area contributed by atoms with E-state index in [1.54, 1.807) is 17.7 Å². The molecular weight excluding hydrogens is 192 g/mol. The summed E-state index contributed by atoms with van der Waals surface area (Å²) in [6, 6.07) is 3.59. The van der Waals surface area contributed by atoms with Gasteiger partial charge in [0.25, 0.3) is 5.56 Å². The number of pyridine rings is 1. The first kappa shape index (κ1) is 11.9. The molecule has 0 amide bonds. The summed E-state index contributed by atoms with van der Waals surface area (Å²) < 4.78 is 6.60. The maximum atomic E-state index is 11.5. The van der Waals surface area contributed by atoms with Gasteiger partial charge in [-0.1, -0.05) is 0 Å². The molecular formula is C11H18N2O2. The van der Waals surface area contributed by atoms with E-state index in [1.807, 2.05) is 19.2 Å². The van der Waals surface area contributed by atoms with E-state index in [1.165, 1.54) is 0 Å². The first-order chi connectivity index (χ1) is 7.24. The van der Waals surface area contributed by atoms with Gasteiger partial charge in [0.2, 0.25) is 0 Å². The molecule has 1 heterocycles. The fourth-order valence-electron chi connectivity index (χ4n) is 1.29. The second-order valence-corrected chi connectivity index (χ2v) is 3.48. The predicted molar refractivity (Wildman–Crippen MR) is 60.2 cm³/mol. The number of nitrogens with zero attached hydrogens (tertiary/aromatic N) is 1. The molecule has 0 aromatic carbocycles. The summed E-state index contributed by atoms with van der Waals surface area (Å²) in [5.41, 5.74) is 1.06. The first-order valence-corrected chi connectivity index (χ1v) is 5.11. The minimum absolute atomic E-state index is 0.0588. The largest absolute Gasteiger partial charge is 0.383 e. The molecule has 4 heteroatoms. The topological polar surface area (TPSA) is 43.3 Å². The van der Waals surface area contributed by atoms with E-state index < -0.39 is 0 Å². The van der Waals surface area contributed by atoms with Gasteiger partial charge in [0.15, 0.2) is 0 Å². The van der Waals surface area contributed by atoms with Crippen LogP contribution < -0.4 is 10.9 Å². The Morgan fingerprint density at radius 3 is 2.93 bits per heavy atom. The number of ether oxygens (including phenoxy) is 1. The SMILES string of the molecule is COCCNCCn1ccc(C)cc1=O. The normalized spacial score (nSPS) is 10.5. The highest BCUT2D eigenvalue weighted by atomic mass is 16.5. The molecule has 0 saturated heterocycles. The van der Waals surface area contributed by atoms with Crippen LogP contribution >= 0.6 is 0 Å². The summed E-state index contributed by atoms with van der Waals surface area (Å²) in [5, 5.41) is 3.19. The third-order valence-corrected chi connectivity index (χ3v) is 2.16. The summed E-state index contributed by atoms with van der Waals surface area (Å²) in [6.45, 7) is 4.91. The van der Waals surface area contributed by atoms with Crippen molar-refractivity contribution in [2.75, 3.05) is 26.8 Å². The van der Waals surface area contributed by atoms with Gasteiger partial charge in [0, 0.05) is 39.0 Å². The van der Waals surface area contributed by atoms with E-state index >= 15 is 0 Å². The number of rotatable bonds is 6. The van der Waals surface area contributed by atoms with E-state index in [0.717, 1.165) is 18.7 Å². The maximum Gasteiger partial charge on any atom is 0.250 e. The van der Waals surface area contributed by atoms with Crippen molar-refractivity contribution in [1.29, 1.82) is 0 Å². The van der Waals surface area contributed by atoms with Crippen LogP contribution in [-0.2, 0) is 11.3 Å². The first-order valence-electron chi connectivity index (χ1n) is 5.11. The van der Waals surface area contributed by atoms with Gasteiger partial charge >= 0.3 is 0 Å². The van der Waals surface area contributed by atoms with Gasteiger partial charge < -0.3 is 14.6 Å². The van der Waals surface area contributed by atoms with E-state index in [4.69, 9.17) is 4.74 Å². The van der Waals surface area contributed by atoms with Gasteiger partial charge in [-0.25, -0.2) is 0 Å². The lowest BCUT2D eigenvalue weighted by Gasteiger charge is -2.06. The molecule has 0 aliphatic carbocycles. The molecule has 0 aliphatic rings. The third-order valence-electron chi connectivity index (χ3n) is 2.16. The molecule has 4 nitrogen and oxygen atoms in total. The molecule has 1 N–H and O–H groups in total. The molecule has 1 aromatic rings. The number of aryl methyl sites for hydroxylation is 1. The van der Waals surface area contributed by atoms with Gasteiger partial charge in [-0.15, -0.1) is 0 Å². The molecule has 0 aliphatic heterocycles. The summed E-state index contributed by atoms with van der Waals surface area (Å²) in [7, 11) is 1.67. The average Bonchev–Trinajstić information content (AvgIpc) is 2.20. The lowest BCUT2D eigenvalue weighted by atomic mass is 10.3. The van der Waals surface area contributed by atoms with Crippen molar-refractivity contribution in [2.45, 2.75) is 13.5 Å². The van der Waals surface area contributed by atoms with Crippen LogP contribution in [0, 0.1) is 6.92 Å². The third kappa shape index (κ3) is 4.27. The average molecular weight is 210 g/mol. The minimum Gasteiger partial charge on any atom is -0.383 e. The van der Waals surface area contributed by atoms with Crippen LogP contribution in [-0.4, -0.2) is 31.4 Å². The van der Waals surface area contributed by atoms with Crippen LogP contribution in [0.4, 0.5) is 0 Å². The standard InChI is InChI=1S/C11H18N2O2/c1-10-3-6-13(11(14)9-10)7-4-12-5-8-15-2/h3,6,9,12H,4-5,7-8H2,1-2H3. The number of methoxy groups -OCH3 is 1. The van der Waals surface area contributed by atoms with Gasteiger partial charge in [0.05, 0.1) is 6.61 Å². The second kappa shape index (κ2) is 6.37. The van der Waals surface area contributed by atoms with Crippen LogP contribution in [0.25, 0.3) is 0 Å². The zero-order valence-corrected chi connectivity index (χ0v) is 9.32. The van der Waals surface area contributed by atoms with Crippen LogP contribution in [0.3, 0.4) is 0 Å². The predicted octanol–water partition coefficient (Wildman–Crippen LogP) is 0.393. The zero-order valence-electron chi connectivity index (χ0n) is 9.32. The quantitative estimate of drug-likeness (QED) is 0.691. The highest BCUT2D eigenvalue weighted by molar-refractivity contribution is 5.07. The molecule has 15 heavy (non-hydrogen) atoms. The van der Waals surface area contributed by atoms with E-state index in [2.05, 4.69) is 5.32 Å². The highest BCUT2D eigenvalue weighted by Gasteiger charge is 1.95. The fourth-order valence-corrected chi connectivity index (χ4v) is 1.29. The van der Waals surface area contributed by atoms with Crippen LogP contribution in [0.15, 0.2) is 23.1 Å². The van der Waals surface area contributed by atoms with Crippen LogP contribution in [0.1, 0.15) is 5.56 Å². The Morgan fingerprint density at radius 2 is 2.27 bits per heavy atom. The van der Waals surface area contributed by atoms with Crippen molar-refractivity contribution in [3.05, 3.63) is 34.2 Å². The van der Waals surface area contributed by atoms with E-state index in [9.17, 15) is 4.79 Å². The van der Waals surface area contributed by atoms with Gasteiger partial charge in [0.1, 0.15) is 0 Å². The highest BCUT2D eigenvalue weighted by Crippen LogP contribution is 1.90. The lowest BCUT2D eigenvalue weighted by Crippen LogP contribution is -2.28. The van der Waals surface area contributed by atoms with Crippen LogP contribution in [0.2, 0.25) is 0 Å². The Bertz CT molecular complexity index is 347. The van der Waals surface area contributed by atoms with Gasteiger partial charge in [-0.05, 0) is 18.6 Å². The van der Waals surface area contributed by atoms with E-state index in [-0.39, 0.29) is 5.56 Å². The van der Waals surface area contributed by atoms with Crippen molar-refractivity contribution in [3.63, 3.8) is 0 Å². The number of aromatic nitrogens is 1. The van der Waals surface area contributed by atoms with Crippen LogP contribution in [0.5, 0.6) is 0 Å². The molecule has 0 radical (unpaired) electrons. The molecule has 0 atom stereocenters. The molecule has 1 rings (SSSR count).